The van der Waals surface area contributed by atoms with E-state index in [-0.39, 0.29) is 17.7 Å². The molecule has 1 aliphatic heterocycles. The molecule has 0 aliphatic carbocycles. The van der Waals surface area contributed by atoms with E-state index in [1.165, 1.54) is 39.0 Å². The monoisotopic (exact) mass is 568 g/mol. The van der Waals surface area contributed by atoms with Gasteiger partial charge in [-0.25, -0.2) is 19.1 Å². The van der Waals surface area contributed by atoms with E-state index in [0.29, 0.717) is 47.5 Å². The summed E-state index contributed by atoms with van der Waals surface area (Å²) in [7, 11) is 0. The van der Waals surface area contributed by atoms with Crippen LogP contribution >= 0.6 is 11.3 Å². The van der Waals surface area contributed by atoms with E-state index in [9.17, 15) is 22.8 Å². The maximum atomic E-state index is 13.2. The molecule has 1 aromatic carbocycles. The molecule has 14 heteroatoms. The number of benzene rings is 1. The number of carbonyl (C=O) groups is 2. The summed E-state index contributed by atoms with van der Waals surface area (Å²) in [5, 5.41) is 7.73. The molecule has 0 spiro atoms. The van der Waals surface area contributed by atoms with Crippen molar-refractivity contribution in [3.05, 3.63) is 30.5 Å². The molecule has 3 amide bonds. The Morgan fingerprint density at radius 1 is 1.21 bits per heavy atom. The summed E-state index contributed by atoms with van der Waals surface area (Å²) < 4.78 is 49.0. The minimum absolute atomic E-state index is 0.0904. The summed E-state index contributed by atoms with van der Waals surface area (Å²) in [5.74, 6) is -0.217. The number of anilines is 1. The Kier molecular flexibility index (Phi) is 8.23. The van der Waals surface area contributed by atoms with Gasteiger partial charge in [0.1, 0.15) is 11.4 Å². The highest BCUT2D eigenvalue weighted by Gasteiger charge is 2.32. The smallest absolute Gasteiger partial charge is 0.443 e. The third-order valence-electron chi connectivity index (χ3n) is 5.91. The number of rotatable bonds is 6. The summed E-state index contributed by atoms with van der Waals surface area (Å²) in [4.78, 5) is 33.6. The van der Waals surface area contributed by atoms with Gasteiger partial charge in [-0.1, -0.05) is 23.5 Å². The predicted octanol–water partition coefficient (Wildman–Crippen LogP) is 5.54. The van der Waals surface area contributed by atoms with Crippen LogP contribution in [0, 0.1) is 5.92 Å². The van der Waals surface area contributed by atoms with E-state index < -0.39 is 18.1 Å². The molecule has 1 aliphatic rings. The number of urea groups is 1. The Balaban J connectivity index is 1.53. The maximum absolute atomic E-state index is 13.2. The molecule has 3 heterocycles. The van der Waals surface area contributed by atoms with Crippen molar-refractivity contribution < 1.29 is 32.2 Å². The van der Waals surface area contributed by atoms with Gasteiger partial charge < -0.3 is 19.7 Å². The second kappa shape index (κ2) is 11.3. The van der Waals surface area contributed by atoms with Crippen LogP contribution in [0.3, 0.4) is 0 Å². The van der Waals surface area contributed by atoms with E-state index in [1.807, 2.05) is 6.92 Å². The quantitative estimate of drug-likeness (QED) is 0.419. The zero-order valence-corrected chi connectivity index (χ0v) is 22.9. The molecule has 10 nitrogen and oxygen atoms in total. The minimum atomic E-state index is -4.80. The van der Waals surface area contributed by atoms with Gasteiger partial charge in [0.15, 0.2) is 0 Å². The number of fused-ring (bicyclic) bond motifs is 1. The molecule has 0 saturated carbocycles. The molecule has 2 aromatic heterocycles. The van der Waals surface area contributed by atoms with Crippen LogP contribution in [-0.2, 0) is 4.74 Å². The molecule has 0 radical (unpaired) electrons. The largest absolute Gasteiger partial charge is 0.573 e. The second-order valence-electron chi connectivity index (χ2n) is 10.2. The molecule has 4 rings (SSSR count). The zero-order chi connectivity index (χ0) is 28.4. The van der Waals surface area contributed by atoms with Gasteiger partial charge in [0.2, 0.25) is 10.1 Å². The number of ether oxygens (including phenoxy) is 2. The number of carbonyl (C=O) groups excluding carboxylic acids is 2. The lowest BCUT2D eigenvalue weighted by Gasteiger charge is -2.34. The van der Waals surface area contributed by atoms with Crippen LogP contribution in [0.1, 0.15) is 40.5 Å². The lowest BCUT2D eigenvalue weighted by Crippen LogP contribution is -2.47. The number of alkyl halides is 3. The van der Waals surface area contributed by atoms with Crippen molar-refractivity contribution in [1.82, 2.24) is 24.8 Å². The summed E-state index contributed by atoms with van der Waals surface area (Å²) in [6.07, 6.45) is -2.31. The fourth-order valence-electron chi connectivity index (χ4n) is 4.18. The third kappa shape index (κ3) is 7.52. The molecule has 212 valence electrons. The number of aromatic nitrogens is 3. The van der Waals surface area contributed by atoms with Gasteiger partial charge in [0.05, 0.1) is 11.9 Å². The SMILES string of the molecule is CCNC(=O)N1CCC(CN(C(=O)OC(C)(C)C)c2nn3cc(-c4cccc(OC(F)(F)F)c4)nc3s2)CC1. The minimum Gasteiger partial charge on any atom is -0.443 e. The van der Waals surface area contributed by atoms with Gasteiger partial charge in [-0.05, 0) is 58.6 Å². The van der Waals surface area contributed by atoms with Crippen LogP contribution in [0.2, 0.25) is 0 Å². The first-order valence-corrected chi connectivity index (χ1v) is 13.4. The molecule has 3 aromatic rings. The fourth-order valence-corrected chi connectivity index (χ4v) is 5.06. The molecule has 0 atom stereocenters. The standard InChI is InChI=1S/C25H31F3N6O4S/c1-5-29-20(35)32-11-9-16(10-12-32)14-33(23(36)38-24(2,3)4)22-31-34-15-19(30-21(34)39-22)17-7-6-8-18(13-17)37-25(26,27)28/h6-8,13,15-16H,5,9-12,14H2,1-4H3,(H,29,35). The average Bonchev–Trinajstić information content (AvgIpc) is 3.40. The van der Waals surface area contributed by atoms with Crippen LogP contribution in [0.25, 0.3) is 16.2 Å². The topological polar surface area (TPSA) is 101 Å². The number of likely N-dealkylation sites (tertiary alicyclic amines) is 1. The van der Waals surface area contributed by atoms with Gasteiger partial charge >= 0.3 is 18.5 Å². The highest BCUT2D eigenvalue weighted by Crippen LogP contribution is 2.32. The molecular formula is C25H31F3N6O4S. The molecule has 1 saturated heterocycles. The van der Waals surface area contributed by atoms with Gasteiger partial charge in [-0.3, -0.25) is 4.90 Å². The molecule has 1 fully saturated rings. The first-order valence-electron chi connectivity index (χ1n) is 12.6. The van der Waals surface area contributed by atoms with Gasteiger partial charge in [-0.2, -0.15) is 0 Å². The van der Waals surface area contributed by atoms with Crippen molar-refractivity contribution >= 4 is 33.6 Å². The molecule has 39 heavy (non-hydrogen) atoms. The summed E-state index contributed by atoms with van der Waals surface area (Å²) in [5.41, 5.74) is 0.124. The van der Waals surface area contributed by atoms with Crippen LogP contribution in [0.5, 0.6) is 5.75 Å². The maximum Gasteiger partial charge on any atom is 0.573 e. The summed E-state index contributed by atoms with van der Waals surface area (Å²) >= 11 is 1.17. The normalized spacial score (nSPS) is 14.9. The number of hydrogen-bond acceptors (Lipinski definition) is 7. The number of hydrogen-bond donors (Lipinski definition) is 1. The number of imidazole rings is 1. The van der Waals surface area contributed by atoms with Gasteiger partial charge in [0, 0.05) is 31.7 Å². The first-order chi connectivity index (χ1) is 18.3. The van der Waals surface area contributed by atoms with Gasteiger partial charge in [-0.15, -0.1) is 18.3 Å². The van der Waals surface area contributed by atoms with Crippen molar-refractivity contribution in [1.29, 1.82) is 0 Å². The Bertz CT molecular complexity index is 1280. The first kappa shape index (κ1) is 28.5. The average molecular weight is 569 g/mol. The summed E-state index contributed by atoms with van der Waals surface area (Å²) in [6, 6.07) is 5.44. The van der Waals surface area contributed by atoms with Crippen molar-refractivity contribution in [2.24, 2.45) is 5.92 Å². The van der Waals surface area contributed by atoms with Crippen LogP contribution in [-0.4, -0.2) is 69.8 Å². The van der Waals surface area contributed by atoms with Crippen LogP contribution < -0.4 is 15.0 Å². The van der Waals surface area contributed by atoms with E-state index in [2.05, 4.69) is 20.1 Å². The number of halogens is 3. The molecule has 0 bridgehead atoms. The second-order valence-corrected chi connectivity index (χ2v) is 11.1. The highest BCUT2D eigenvalue weighted by atomic mass is 32.1. The highest BCUT2D eigenvalue weighted by molar-refractivity contribution is 7.20. The van der Waals surface area contributed by atoms with E-state index in [1.54, 1.807) is 37.9 Å². The fraction of sp³-hybridized carbons (Fsp3) is 0.520. The number of amides is 3. The lowest BCUT2D eigenvalue weighted by atomic mass is 9.96. The Labute approximate surface area is 227 Å². The van der Waals surface area contributed by atoms with E-state index >= 15 is 0 Å². The van der Waals surface area contributed by atoms with Crippen LogP contribution in [0.15, 0.2) is 30.5 Å². The molecular weight excluding hydrogens is 537 g/mol. The Morgan fingerprint density at radius 3 is 2.54 bits per heavy atom. The molecule has 1 N–H and O–H groups in total. The summed E-state index contributed by atoms with van der Waals surface area (Å²) in [6.45, 7) is 9.31. The molecule has 0 unspecified atom stereocenters. The number of nitrogens with zero attached hydrogens (tertiary/aromatic N) is 5. The lowest BCUT2D eigenvalue weighted by molar-refractivity contribution is -0.274. The zero-order valence-electron chi connectivity index (χ0n) is 22.1. The number of piperidine rings is 1. The van der Waals surface area contributed by atoms with Crippen molar-refractivity contribution in [3.63, 3.8) is 0 Å². The van der Waals surface area contributed by atoms with Crippen molar-refractivity contribution in [3.8, 4) is 17.0 Å². The van der Waals surface area contributed by atoms with Crippen molar-refractivity contribution in [2.75, 3.05) is 31.1 Å². The predicted molar refractivity (Wildman–Crippen MR) is 140 cm³/mol. The Morgan fingerprint density at radius 2 is 1.92 bits per heavy atom. The van der Waals surface area contributed by atoms with E-state index in [4.69, 9.17) is 4.74 Å². The number of nitrogens with one attached hydrogen (secondary N) is 1. The Hall–Kier alpha value is -3.55. The van der Waals surface area contributed by atoms with Crippen molar-refractivity contribution in [2.45, 2.75) is 52.5 Å². The van der Waals surface area contributed by atoms with Crippen LogP contribution in [0.4, 0.5) is 27.9 Å². The van der Waals surface area contributed by atoms with E-state index in [0.717, 1.165) is 12.8 Å². The third-order valence-corrected chi connectivity index (χ3v) is 6.86. The van der Waals surface area contributed by atoms with Gasteiger partial charge in [0.25, 0.3) is 0 Å².